The van der Waals surface area contributed by atoms with Gasteiger partial charge in [-0.15, -0.1) is 0 Å². The van der Waals surface area contributed by atoms with Gasteiger partial charge in [0.05, 0.1) is 11.3 Å². The molecule has 3 aromatic carbocycles. The lowest BCUT2D eigenvalue weighted by Gasteiger charge is -2.34. The molecule has 5 rings (SSSR count). The number of carbonyl (C=O) groups excluding carboxylic acids is 1. The lowest BCUT2D eigenvalue weighted by atomic mass is 10.2. The first kappa shape index (κ1) is 24.1. The van der Waals surface area contributed by atoms with Crippen molar-refractivity contribution in [2.45, 2.75) is 6.92 Å². The minimum Gasteiger partial charge on any atom is -0.492 e. The topological polar surface area (TPSA) is 66.9 Å². The summed E-state index contributed by atoms with van der Waals surface area (Å²) in [5.74, 6) is 2.26. The number of fused-ring (bicyclic) bond motifs is 1. The molecule has 0 atom stereocenters. The van der Waals surface area contributed by atoms with Crippen LogP contribution >= 0.6 is 11.3 Å². The molecule has 0 spiro atoms. The SMILES string of the molecule is CCOc1cccc2sc(N3CCN(CCNC(=O)c4ccc(Oc5ccccc5)cc4)CC3)nc12. The normalized spacial score (nSPS) is 14.1. The molecule has 1 aromatic heterocycles. The van der Waals surface area contributed by atoms with Crippen LogP contribution in [0.1, 0.15) is 17.3 Å². The number of benzene rings is 3. The number of piperazine rings is 1. The number of aromatic nitrogens is 1. The molecular weight excluding hydrogens is 472 g/mol. The van der Waals surface area contributed by atoms with E-state index in [-0.39, 0.29) is 5.91 Å². The fraction of sp³-hybridized carbons (Fsp3) is 0.286. The van der Waals surface area contributed by atoms with Crippen LogP contribution in [0.2, 0.25) is 0 Å². The van der Waals surface area contributed by atoms with E-state index in [1.807, 2.05) is 61.5 Å². The van der Waals surface area contributed by atoms with Crippen LogP contribution in [0.25, 0.3) is 10.2 Å². The third-order valence-corrected chi connectivity index (χ3v) is 7.20. The molecule has 4 aromatic rings. The number of anilines is 1. The van der Waals surface area contributed by atoms with Crippen LogP contribution in [-0.2, 0) is 0 Å². The highest BCUT2D eigenvalue weighted by molar-refractivity contribution is 7.22. The summed E-state index contributed by atoms with van der Waals surface area (Å²) < 4.78 is 12.7. The van der Waals surface area contributed by atoms with E-state index in [1.54, 1.807) is 23.5 Å². The van der Waals surface area contributed by atoms with Crippen LogP contribution < -0.4 is 19.7 Å². The van der Waals surface area contributed by atoms with Crippen LogP contribution in [0.3, 0.4) is 0 Å². The predicted octanol–water partition coefficient (Wildman–Crippen LogP) is 5.04. The Labute approximate surface area is 215 Å². The average molecular weight is 503 g/mol. The first-order valence-corrected chi connectivity index (χ1v) is 13.1. The van der Waals surface area contributed by atoms with Gasteiger partial charge >= 0.3 is 0 Å². The lowest BCUT2D eigenvalue weighted by molar-refractivity contribution is 0.0947. The van der Waals surface area contributed by atoms with Gasteiger partial charge in [-0.3, -0.25) is 9.69 Å². The van der Waals surface area contributed by atoms with Crippen molar-refractivity contribution in [3.05, 3.63) is 78.4 Å². The largest absolute Gasteiger partial charge is 0.492 e. The molecule has 0 radical (unpaired) electrons. The van der Waals surface area contributed by atoms with Crippen molar-refractivity contribution < 1.29 is 14.3 Å². The Balaban J connectivity index is 1.07. The molecule has 8 heteroatoms. The van der Waals surface area contributed by atoms with Gasteiger partial charge in [0.25, 0.3) is 5.91 Å². The summed E-state index contributed by atoms with van der Waals surface area (Å²) in [4.78, 5) is 22.1. The summed E-state index contributed by atoms with van der Waals surface area (Å²) >= 11 is 1.72. The zero-order valence-electron chi connectivity index (χ0n) is 20.4. The van der Waals surface area contributed by atoms with E-state index in [0.717, 1.165) is 59.6 Å². The van der Waals surface area contributed by atoms with Gasteiger partial charge in [0.2, 0.25) is 0 Å². The number of para-hydroxylation sites is 2. The Hall–Kier alpha value is -3.62. The van der Waals surface area contributed by atoms with Gasteiger partial charge in [-0.1, -0.05) is 35.6 Å². The van der Waals surface area contributed by atoms with Gasteiger partial charge < -0.3 is 19.7 Å². The summed E-state index contributed by atoms with van der Waals surface area (Å²) in [6.07, 6.45) is 0. The number of nitrogens with one attached hydrogen (secondary N) is 1. The van der Waals surface area contributed by atoms with Crippen molar-refractivity contribution in [1.29, 1.82) is 0 Å². The Kier molecular flexibility index (Phi) is 7.64. The quantitative estimate of drug-likeness (QED) is 0.346. The first-order valence-electron chi connectivity index (χ1n) is 12.3. The third-order valence-electron chi connectivity index (χ3n) is 6.12. The molecule has 0 saturated carbocycles. The van der Waals surface area contributed by atoms with Crippen LogP contribution in [0, 0.1) is 0 Å². The van der Waals surface area contributed by atoms with Crippen molar-refractivity contribution in [2.24, 2.45) is 0 Å². The van der Waals surface area contributed by atoms with Gasteiger partial charge in [-0.2, -0.15) is 0 Å². The molecule has 1 N–H and O–H groups in total. The zero-order chi connectivity index (χ0) is 24.7. The molecule has 7 nitrogen and oxygen atoms in total. The molecule has 0 aliphatic carbocycles. The average Bonchev–Trinajstić information content (AvgIpc) is 3.36. The summed E-state index contributed by atoms with van der Waals surface area (Å²) in [5.41, 5.74) is 1.58. The molecule has 1 fully saturated rings. The minimum absolute atomic E-state index is 0.0699. The summed E-state index contributed by atoms with van der Waals surface area (Å²) in [6.45, 7) is 7.77. The maximum Gasteiger partial charge on any atom is 0.251 e. The lowest BCUT2D eigenvalue weighted by Crippen LogP contribution is -2.48. The van der Waals surface area contributed by atoms with Gasteiger partial charge in [-0.05, 0) is 55.5 Å². The van der Waals surface area contributed by atoms with E-state index >= 15 is 0 Å². The van der Waals surface area contributed by atoms with Crippen LogP contribution in [0.15, 0.2) is 72.8 Å². The summed E-state index contributed by atoms with van der Waals surface area (Å²) in [5, 5.41) is 4.08. The van der Waals surface area contributed by atoms with Crippen LogP contribution in [-0.4, -0.2) is 61.7 Å². The fourth-order valence-corrected chi connectivity index (χ4v) is 5.24. The second-order valence-electron chi connectivity index (χ2n) is 8.56. The van der Waals surface area contributed by atoms with Crippen molar-refractivity contribution in [3.8, 4) is 17.2 Å². The van der Waals surface area contributed by atoms with Gasteiger partial charge in [0, 0.05) is 44.8 Å². The molecule has 0 unspecified atom stereocenters. The Morgan fingerprint density at radius 3 is 2.44 bits per heavy atom. The van der Waals surface area contributed by atoms with Gasteiger partial charge in [0.1, 0.15) is 22.8 Å². The Morgan fingerprint density at radius 2 is 1.69 bits per heavy atom. The van der Waals surface area contributed by atoms with E-state index < -0.39 is 0 Å². The second-order valence-corrected chi connectivity index (χ2v) is 9.57. The molecule has 36 heavy (non-hydrogen) atoms. The van der Waals surface area contributed by atoms with Crippen molar-refractivity contribution in [2.75, 3.05) is 50.8 Å². The maximum atomic E-state index is 12.6. The fourth-order valence-electron chi connectivity index (χ4n) is 4.21. The molecule has 186 valence electrons. The Morgan fingerprint density at radius 1 is 0.944 bits per heavy atom. The molecular formula is C28H30N4O3S. The number of rotatable bonds is 9. The van der Waals surface area contributed by atoms with Crippen molar-refractivity contribution in [3.63, 3.8) is 0 Å². The molecule has 0 bridgehead atoms. The third kappa shape index (κ3) is 5.78. The molecule has 1 saturated heterocycles. The number of thiazole rings is 1. The second kappa shape index (κ2) is 11.4. The monoisotopic (exact) mass is 502 g/mol. The Bertz CT molecular complexity index is 1290. The molecule has 1 aliphatic rings. The number of carbonyl (C=O) groups is 1. The van der Waals surface area contributed by atoms with E-state index in [0.29, 0.717) is 24.5 Å². The number of hydrogen-bond donors (Lipinski definition) is 1. The van der Waals surface area contributed by atoms with Crippen LogP contribution in [0.5, 0.6) is 17.2 Å². The summed E-state index contributed by atoms with van der Waals surface area (Å²) in [7, 11) is 0. The number of nitrogens with zero attached hydrogens (tertiary/aromatic N) is 3. The highest BCUT2D eigenvalue weighted by Crippen LogP contribution is 2.34. The molecule has 1 aliphatic heterocycles. The van der Waals surface area contributed by atoms with E-state index in [9.17, 15) is 4.79 Å². The smallest absolute Gasteiger partial charge is 0.251 e. The standard InChI is InChI=1S/C28H30N4O3S/c1-2-34-24-9-6-10-25-26(24)30-28(36-25)32-19-17-31(18-20-32)16-15-29-27(33)21-11-13-23(14-12-21)35-22-7-4-3-5-8-22/h3-14H,2,15-20H2,1H3,(H,29,33). The first-order chi connectivity index (χ1) is 17.7. The van der Waals surface area contributed by atoms with E-state index in [2.05, 4.69) is 21.2 Å². The number of ether oxygens (including phenoxy) is 2. The van der Waals surface area contributed by atoms with E-state index in [1.165, 1.54) is 0 Å². The van der Waals surface area contributed by atoms with Gasteiger partial charge in [-0.25, -0.2) is 4.98 Å². The van der Waals surface area contributed by atoms with Crippen molar-refractivity contribution in [1.82, 2.24) is 15.2 Å². The highest BCUT2D eigenvalue weighted by Gasteiger charge is 2.20. The highest BCUT2D eigenvalue weighted by atomic mass is 32.1. The summed E-state index contributed by atoms with van der Waals surface area (Å²) in [6, 6.07) is 22.9. The predicted molar refractivity (Wildman–Crippen MR) is 145 cm³/mol. The number of amides is 1. The molecule has 2 heterocycles. The van der Waals surface area contributed by atoms with E-state index in [4.69, 9.17) is 14.5 Å². The van der Waals surface area contributed by atoms with Crippen LogP contribution in [0.4, 0.5) is 5.13 Å². The minimum atomic E-state index is -0.0699. The molecule has 1 amide bonds. The van der Waals surface area contributed by atoms with Crippen molar-refractivity contribution >= 4 is 32.6 Å². The zero-order valence-corrected chi connectivity index (χ0v) is 21.2. The van der Waals surface area contributed by atoms with Gasteiger partial charge in [0.15, 0.2) is 5.13 Å². The maximum absolute atomic E-state index is 12.6. The number of hydrogen-bond acceptors (Lipinski definition) is 7.